The van der Waals surface area contributed by atoms with Crippen molar-refractivity contribution in [2.24, 2.45) is 5.92 Å². The lowest BCUT2D eigenvalue weighted by Crippen LogP contribution is -2.17. The van der Waals surface area contributed by atoms with E-state index in [0.717, 1.165) is 16.7 Å². The zero-order chi connectivity index (χ0) is 13.8. The van der Waals surface area contributed by atoms with E-state index < -0.39 is 11.9 Å². The van der Waals surface area contributed by atoms with Gasteiger partial charge in [-0.25, -0.2) is 0 Å². The van der Waals surface area contributed by atoms with E-state index in [1.807, 2.05) is 68.4 Å². The molecule has 2 aromatic rings. The Kier molecular flexibility index (Phi) is 4.00. The molecule has 98 valence electrons. The molecule has 2 nitrogen and oxygen atoms in total. The van der Waals surface area contributed by atoms with Gasteiger partial charge in [0, 0.05) is 0 Å². The summed E-state index contributed by atoms with van der Waals surface area (Å²) in [6, 6.07) is 17.9. The van der Waals surface area contributed by atoms with Gasteiger partial charge in [-0.05, 0) is 22.6 Å². The molecule has 0 amide bonds. The van der Waals surface area contributed by atoms with Crippen molar-refractivity contribution in [3.63, 3.8) is 0 Å². The van der Waals surface area contributed by atoms with Crippen LogP contribution >= 0.6 is 0 Å². The van der Waals surface area contributed by atoms with Crippen LogP contribution in [0.3, 0.4) is 0 Å². The molecule has 0 spiro atoms. The van der Waals surface area contributed by atoms with Crippen molar-refractivity contribution in [3.8, 4) is 11.1 Å². The van der Waals surface area contributed by atoms with Gasteiger partial charge in [0.25, 0.3) is 0 Å². The maximum absolute atomic E-state index is 11.3. The lowest BCUT2D eigenvalue weighted by atomic mass is 9.88. The highest BCUT2D eigenvalue weighted by molar-refractivity contribution is 5.77. The van der Waals surface area contributed by atoms with Crippen molar-refractivity contribution < 1.29 is 9.90 Å². The van der Waals surface area contributed by atoms with Gasteiger partial charge >= 0.3 is 5.97 Å². The minimum atomic E-state index is -0.762. The molecule has 0 heterocycles. The van der Waals surface area contributed by atoms with Gasteiger partial charge in [-0.1, -0.05) is 68.4 Å². The van der Waals surface area contributed by atoms with Crippen LogP contribution in [-0.4, -0.2) is 11.1 Å². The number of hydrogen-bond acceptors (Lipinski definition) is 1. The SMILES string of the molecule is CC(C)C(C(=O)O)c1ccc(-c2ccccc2)cc1. The Labute approximate surface area is 113 Å². The van der Waals surface area contributed by atoms with Gasteiger partial charge in [0.05, 0.1) is 5.92 Å². The molecule has 0 radical (unpaired) electrons. The topological polar surface area (TPSA) is 37.3 Å². The van der Waals surface area contributed by atoms with Gasteiger partial charge < -0.3 is 5.11 Å². The molecule has 2 aromatic carbocycles. The Morgan fingerprint density at radius 1 is 0.895 bits per heavy atom. The molecule has 1 atom stereocenters. The van der Waals surface area contributed by atoms with Crippen LogP contribution in [0.1, 0.15) is 25.3 Å². The third-order valence-electron chi connectivity index (χ3n) is 3.31. The molecule has 19 heavy (non-hydrogen) atoms. The number of carboxylic acid groups (broad SMARTS) is 1. The van der Waals surface area contributed by atoms with Crippen molar-refractivity contribution in [3.05, 3.63) is 60.2 Å². The van der Waals surface area contributed by atoms with Gasteiger partial charge in [-0.3, -0.25) is 4.79 Å². The first-order valence-corrected chi connectivity index (χ1v) is 6.48. The number of carbonyl (C=O) groups is 1. The summed E-state index contributed by atoms with van der Waals surface area (Å²) in [6.07, 6.45) is 0. The molecule has 2 rings (SSSR count). The molecule has 1 unspecified atom stereocenters. The number of rotatable bonds is 4. The minimum absolute atomic E-state index is 0.0834. The van der Waals surface area contributed by atoms with E-state index in [2.05, 4.69) is 0 Å². The van der Waals surface area contributed by atoms with E-state index in [1.54, 1.807) is 0 Å². The fourth-order valence-corrected chi connectivity index (χ4v) is 2.33. The van der Waals surface area contributed by atoms with Crippen LogP contribution in [0.25, 0.3) is 11.1 Å². The molecule has 0 aliphatic rings. The number of hydrogen-bond donors (Lipinski definition) is 1. The monoisotopic (exact) mass is 254 g/mol. The largest absolute Gasteiger partial charge is 0.481 e. The van der Waals surface area contributed by atoms with E-state index in [1.165, 1.54) is 0 Å². The molecule has 0 bridgehead atoms. The fraction of sp³-hybridized carbons (Fsp3) is 0.235. The van der Waals surface area contributed by atoms with Crippen LogP contribution in [0.5, 0.6) is 0 Å². The maximum atomic E-state index is 11.3. The van der Waals surface area contributed by atoms with Crippen molar-refractivity contribution >= 4 is 5.97 Å². The maximum Gasteiger partial charge on any atom is 0.311 e. The summed E-state index contributed by atoms with van der Waals surface area (Å²) in [7, 11) is 0. The van der Waals surface area contributed by atoms with Crippen molar-refractivity contribution in [2.75, 3.05) is 0 Å². The summed E-state index contributed by atoms with van der Waals surface area (Å²) in [5.41, 5.74) is 3.12. The molecule has 0 aromatic heterocycles. The second-order valence-corrected chi connectivity index (χ2v) is 5.05. The quantitative estimate of drug-likeness (QED) is 0.888. The van der Waals surface area contributed by atoms with Crippen LogP contribution < -0.4 is 0 Å². The zero-order valence-corrected chi connectivity index (χ0v) is 11.2. The minimum Gasteiger partial charge on any atom is -0.481 e. The average Bonchev–Trinajstić information content (AvgIpc) is 2.40. The second kappa shape index (κ2) is 5.70. The van der Waals surface area contributed by atoms with Crippen LogP contribution in [-0.2, 0) is 4.79 Å². The van der Waals surface area contributed by atoms with Crippen molar-refractivity contribution in [1.29, 1.82) is 0 Å². The van der Waals surface area contributed by atoms with Crippen LogP contribution in [0, 0.1) is 5.92 Å². The van der Waals surface area contributed by atoms with Gasteiger partial charge in [-0.15, -0.1) is 0 Å². The number of benzene rings is 2. The Balaban J connectivity index is 2.30. The summed E-state index contributed by atoms with van der Waals surface area (Å²) in [6.45, 7) is 3.87. The smallest absolute Gasteiger partial charge is 0.311 e. The van der Waals surface area contributed by atoms with Crippen LogP contribution in [0.15, 0.2) is 54.6 Å². The fourth-order valence-electron chi connectivity index (χ4n) is 2.33. The molecule has 2 heteroatoms. The highest BCUT2D eigenvalue weighted by atomic mass is 16.4. The van der Waals surface area contributed by atoms with Crippen LogP contribution in [0.2, 0.25) is 0 Å². The third kappa shape index (κ3) is 3.02. The Morgan fingerprint density at radius 3 is 1.89 bits per heavy atom. The standard InChI is InChI=1S/C17H18O2/c1-12(2)16(17(18)19)15-10-8-14(9-11-15)13-6-4-3-5-7-13/h3-12,16H,1-2H3,(H,18,19). The van der Waals surface area contributed by atoms with Crippen LogP contribution in [0.4, 0.5) is 0 Å². The molecule has 0 fully saturated rings. The molecule has 0 aliphatic heterocycles. The van der Waals surface area contributed by atoms with Crippen molar-refractivity contribution in [2.45, 2.75) is 19.8 Å². The van der Waals surface area contributed by atoms with Gasteiger partial charge in [0.2, 0.25) is 0 Å². The predicted molar refractivity (Wildman–Crippen MR) is 77.1 cm³/mol. The Morgan fingerprint density at radius 2 is 1.42 bits per heavy atom. The normalized spacial score (nSPS) is 12.4. The first-order valence-electron chi connectivity index (χ1n) is 6.48. The molecule has 1 N–H and O–H groups in total. The van der Waals surface area contributed by atoms with Gasteiger partial charge in [-0.2, -0.15) is 0 Å². The van der Waals surface area contributed by atoms with E-state index in [4.69, 9.17) is 0 Å². The molecule has 0 aliphatic carbocycles. The highest BCUT2D eigenvalue weighted by Crippen LogP contribution is 2.27. The number of carboxylic acids is 1. The first kappa shape index (κ1) is 13.3. The summed E-state index contributed by atoms with van der Waals surface area (Å²) < 4.78 is 0. The van der Waals surface area contributed by atoms with Crippen molar-refractivity contribution in [1.82, 2.24) is 0 Å². The molecule has 0 saturated heterocycles. The lowest BCUT2D eigenvalue weighted by molar-refractivity contribution is -0.139. The zero-order valence-electron chi connectivity index (χ0n) is 11.2. The third-order valence-corrected chi connectivity index (χ3v) is 3.31. The van der Waals surface area contributed by atoms with E-state index >= 15 is 0 Å². The summed E-state index contributed by atoms with van der Waals surface area (Å²) in [5.74, 6) is -1.12. The summed E-state index contributed by atoms with van der Waals surface area (Å²) >= 11 is 0. The lowest BCUT2D eigenvalue weighted by Gasteiger charge is -2.16. The first-order chi connectivity index (χ1) is 9.09. The second-order valence-electron chi connectivity index (χ2n) is 5.05. The van der Waals surface area contributed by atoms with E-state index in [0.29, 0.717) is 0 Å². The Bertz CT molecular complexity index is 541. The van der Waals surface area contributed by atoms with Gasteiger partial charge in [0.15, 0.2) is 0 Å². The Hall–Kier alpha value is -2.09. The van der Waals surface area contributed by atoms with Gasteiger partial charge in [0.1, 0.15) is 0 Å². The molecular weight excluding hydrogens is 236 g/mol. The summed E-state index contributed by atoms with van der Waals surface area (Å²) in [4.78, 5) is 11.3. The molecular formula is C17H18O2. The predicted octanol–water partition coefficient (Wildman–Crippen LogP) is 4.18. The summed E-state index contributed by atoms with van der Waals surface area (Å²) in [5, 5.41) is 9.28. The molecule has 0 saturated carbocycles. The number of aliphatic carboxylic acids is 1. The van der Waals surface area contributed by atoms with E-state index in [-0.39, 0.29) is 5.92 Å². The van der Waals surface area contributed by atoms with E-state index in [9.17, 15) is 9.90 Å². The highest BCUT2D eigenvalue weighted by Gasteiger charge is 2.23. The average molecular weight is 254 g/mol.